The molecule has 0 aromatic rings. The zero-order chi connectivity index (χ0) is 14.6. The highest BCUT2D eigenvalue weighted by Gasteiger charge is 2.32. The van der Waals surface area contributed by atoms with Gasteiger partial charge < -0.3 is 10.5 Å². The Hall–Kier alpha value is -1.10. The van der Waals surface area contributed by atoms with Crippen LogP contribution in [0.4, 0.5) is 4.79 Å². The number of carbonyl (C=O) groups excluding carboxylic acids is 2. The van der Waals surface area contributed by atoms with E-state index in [1.54, 1.807) is 0 Å². The molecule has 0 aliphatic carbocycles. The van der Waals surface area contributed by atoms with Gasteiger partial charge in [-0.25, -0.2) is 4.79 Å². The molecular formula is C13H25NO3Si. The van der Waals surface area contributed by atoms with Gasteiger partial charge in [0, 0.05) is 5.92 Å². The van der Waals surface area contributed by atoms with Crippen LogP contribution in [0, 0.1) is 5.92 Å². The molecule has 0 spiro atoms. The summed E-state index contributed by atoms with van der Waals surface area (Å²) in [5, 5.41) is 0.241. The van der Waals surface area contributed by atoms with Crippen LogP contribution < -0.4 is 5.73 Å². The van der Waals surface area contributed by atoms with E-state index in [-0.39, 0.29) is 11.0 Å². The van der Waals surface area contributed by atoms with Crippen molar-refractivity contribution in [2.24, 2.45) is 11.7 Å². The summed E-state index contributed by atoms with van der Waals surface area (Å²) in [5.74, 6) is -0.163. The first kappa shape index (κ1) is 16.9. The first-order valence-corrected chi connectivity index (χ1v) is 9.20. The van der Waals surface area contributed by atoms with Gasteiger partial charge in [-0.3, -0.25) is 4.79 Å². The molecule has 0 saturated heterocycles. The SMILES string of the molecule is CC(C=C[Si](C)(C)C(C)(C)C)C(C=O)OC(N)=O. The van der Waals surface area contributed by atoms with Crippen LogP contribution in [0.1, 0.15) is 27.7 Å². The number of carbonyl (C=O) groups is 2. The van der Waals surface area contributed by atoms with Crippen LogP contribution in [-0.2, 0) is 9.53 Å². The minimum atomic E-state index is -1.53. The summed E-state index contributed by atoms with van der Waals surface area (Å²) in [6.45, 7) is 13.0. The summed E-state index contributed by atoms with van der Waals surface area (Å²) in [4.78, 5) is 21.5. The van der Waals surface area contributed by atoms with Crippen LogP contribution in [0.25, 0.3) is 0 Å². The largest absolute Gasteiger partial charge is 0.438 e. The highest BCUT2D eigenvalue weighted by atomic mass is 28.3. The molecule has 104 valence electrons. The van der Waals surface area contributed by atoms with Gasteiger partial charge in [0.25, 0.3) is 0 Å². The van der Waals surface area contributed by atoms with Gasteiger partial charge in [0.05, 0.1) is 8.07 Å². The van der Waals surface area contributed by atoms with Gasteiger partial charge in [-0.1, -0.05) is 52.6 Å². The number of hydrogen-bond acceptors (Lipinski definition) is 3. The normalized spacial score (nSPS) is 16.3. The summed E-state index contributed by atoms with van der Waals surface area (Å²) >= 11 is 0. The highest BCUT2D eigenvalue weighted by molar-refractivity contribution is 6.84. The molecule has 0 aromatic heterocycles. The number of aldehydes is 1. The van der Waals surface area contributed by atoms with Crippen molar-refractivity contribution in [1.82, 2.24) is 0 Å². The average molecular weight is 271 g/mol. The fourth-order valence-electron chi connectivity index (χ4n) is 1.15. The Morgan fingerprint density at radius 3 is 2.17 bits per heavy atom. The lowest BCUT2D eigenvalue weighted by Gasteiger charge is -2.34. The molecule has 0 heterocycles. The first-order chi connectivity index (χ1) is 8.01. The predicted molar refractivity (Wildman–Crippen MR) is 76.0 cm³/mol. The van der Waals surface area contributed by atoms with Crippen LogP contribution in [0.5, 0.6) is 0 Å². The van der Waals surface area contributed by atoms with Crippen molar-refractivity contribution in [2.45, 2.75) is 51.9 Å². The van der Waals surface area contributed by atoms with Crippen molar-refractivity contribution in [3.8, 4) is 0 Å². The van der Waals surface area contributed by atoms with E-state index < -0.39 is 20.3 Å². The predicted octanol–water partition coefficient (Wildman–Crippen LogP) is 2.89. The smallest absolute Gasteiger partial charge is 0.405 e. The molecule has 0 rings (SSSR count). The second-order valence-electron chi connectivity index (χ2n) is 6.23. The second-order valence-corrected chi connectivity index (χ2v) is 11.5. The monoisotopic (exact) mass is 271 g/mol. The lowest BCUT2D eigenvalue weighted by atomic mass is 10.1. The van der Waals surface area contributed by atoms with E-state index in [4.69, 9.17) is 10.5 Å². The molecule has 0 radical (unpaired) electrons. The molecule has 0 aliphatic heterocycles. The molecule has 1 amide bonds. The van der Waals surface area contributed by atoms with Crippen molar-refractivity contribution >= 4 is 20.5 Å². The van der Waals surface area contributed by atoms with Crippen molar-refractivity contribution in [3.63, 3.8) is 0 Å². The van der Waals surface area contributed by atoms with Crippen LogP contribution in [-0.4, -0.2) is 26.6 Å². The Kier molecular flexibility index (Phi) is 5.80. The standard InChI is InChI=1S/C13H25NO3Si/c1-10(11(9-15)17-12(14)16)7-8-18(5,6)13(2,3)4/h7-11H,1-6H3,(H2,14,16). The number of amides is 1. The molecule has 0 saturated carbocycles. The molecule has 2 N–H and O–H groups in total. The zero-order valence-electron chi connectivity index (χ0n) is 12.2. The third-order valence-corrected chi connectivity index (χ3v) is 8.55. The fourth-order valence-corrected chi connectivity index (χ4v) is 2.43. The van der Waals surface area contributed by atoms with Gasteiger partial charge >= 0.3 is 6.09 Å². The van der Waals surface area contributed by atoms with Gasteiger partial charge in [-0.05, 0) is 5.04 Å². The fraction of sp³-hybridized carbons (Fsp3) is 0.692. The van der Waals surface area contributed by atoms with E-state index in [9.17, 15) is 9.59 Å². The topological polar surface area (TPSA) is 69.4 Å². The number of hydrogen-bond donors (Lipinski definition) is 1. The van der Waals surface area contributed by atoms with E-state index >= 15 is 0 Å². The molecule has 0 bridgehead atoms. The summed E-state index contributed by atoms with van der Waals surface area (Å²) in [6.07, 6.45) is 0.855. The van der Waals surface area contributed by atoms with Crippen molar-refractivity contribution in [3.05, 3.63) is 11.8 Å². The molecule has 0 aromatic carbocycles. The maximum absolute atomic E-state index is 10.8. The number of ether oxygens (including phenoxy) is 1. The Bertz CT molecular complexity index is 332. The maximum Gasteiger partial charge on any atom is 0.405 e. The zero-order valence-corrected chi connectivity index (χ0v) is 13.2. The van der Waals surface area contributed by atoms with E-state index in [2.05, 4.69) is 39.6 Å². The highest BCUT2D eigenvalue weighted by Crippen LogP contribution is 2.36. The van der Waals surface area contributed by atoms with Gasteiger partial charge in [-0.15, -0.1) is 0 Å². The van der Waals surface area contributed by atoms with Crippen LogP contribution in [0.15, 0.2) is 11.8 Å². The average Bonchev–Trinajstić information content (AvgIpc) is 2.20. The molecule has 0 aliphatic rings. The van der Waals surface area contributed by atoms with Crippen molar-refractivity contribution in [1.29, 1.82) is 0 Å². The third-order valence-electron chi connectivity index (χ3n) is 3.65. The Morgan fingerprint density at radius 2 is 1.83 bits per heavy atom. The summed E-state index contributed by atoms with van der Waals surface area (Å²) < 4.78 is 4.75. The van der Waals surface area contributed by atoms with E-state index in [1.165, 1.54) is 0 Å². The van der Waals surface area contributed by atoms with Gasteiger partial charge in [0.15, 0.2) is 12.4 Å². The minimum Gasteiger partial charge on any atom is -0.438 e. The van der Waals surface area contributed by atoms with Crippen LogP contribution in [0.3, 0.4) is 0 Å². The summed E-state index contributed by atoms with van der Waals surface area (Å²) in [7, 11) is -1.53. The summed E-state index contributed by atoms with van der Waals surface area (Å²) in [6, 6.07) is 0. The van der Waals surface area contributed by atoms with Crippen molar-refractivity contribution < 1.29 is 14.3 Å². The van der Waals surface area contributed by atoms with E-state index in [1.807, 2.05) is 13.0 Å². The molecule has 2 atom stereocenters. The van der Waals surface area contributed by atoms with Gasteiger partial charge in [0.2, 0.25) is 0 Å². The van der Waals surface area contributed by atoms with Crippen LogP contribution >= 0.6 is 0 Å². The molecule has 5 heteroatoms. The molecule has 0 fully saturated rings. The molecular weight excluding hydrogens is 246 g/mol. The van der Waals surface area contributed by atoms with Gasteiger partial charge in [-0.2, -0.15) is 0 Å². The quantitative estimate of drug-likeness (QED) is 0.617. The molecule has 18 heavy (non-hydrogen) atoms. The molecule has 4 nitrogen and oxygen atoms in total. The lowest BCUT2D eigenvalue weighted by Crippen LogP contribution is -2.35. The summed E-state index contributed by atoms with van der Waals surface area (Å²) in [5.41, 5.74) is 7.12. The van der Waals surface area contributed by atoms with Gasteiger partial charge in [0.1, 0.15) is 0 Å². The second kappa shape index (κ2) is 6.18. The number of nitrogens with two attached hydrogens (primary N) is 1. The maximum atomic E-state index is 10.8. The third kappa shape index (κ3) is 5.04. The number of rotatable bonds is 5. The van der Waals surface area contributed by atoms with Crippen molar-refractivity contribution in [2.75, 3.05) is 0 Å². The first-order valence-electron chi connectivity index (χ1n) is 6.12. The Morgan fingerprint density at radius 1 is 1.33 bits per heavy atom. The molecule has 2 unspecified atom stereocenters. The number of primary amides is 1. The minimum absolute atomic E-state index is 0.163. The van der Waals surface area contributed by atoms with Crippen LogP contribution in [0.2, 0.25) is 18.1 Å². The Balaban J connectivity index is 4.77. The Labute approximate surface area is 111 Å². The lowest BCUT2D eigenvalue weighted by molar-refractivity contribution is -0.116. The van der Waals surface area contributed by atoms with E-state index in [0.717, 1.165) is 0 Å². The van der Waals surface area contributed by atoms with E-state index in [0.29, 0.717) is 6.29 Å².